The highest BCUT2D eigenvalue weighted by Gasteiger charge is 2.50. The number of sulfonamides is 1. The van der Waals surface area contributed by atoms with Crippen LogP contribution in [-0.4, -0.2) is 52.8 Å². The number of alkyl halides is 3. The van der Waals surface area contributed by atoms with Gasteiger partial charge < -0.3 is 5.11 Å². The van der Waals surface area contributed by atoms with Gasteiger partial charge in [-0.1, -0.05) is 6.08 Å². The summed E-state index contributed by atoms with van der Waals surface area (Å²) >= 11 is 1.41. The minimum atomic E-state index is -5.01. The Kier molecular flexibility index (Phi) is 5.75. The first-order valence-corrected chi connectivity index (χ1v) is 11.0. The van der Waals surface area contributed by atoms with E-state index in [1.807, 2.05) is 0 Å². The summed E-state index contributed by atoms with van der Waals surface area (Å²) in [4.78, 5) is 10.0. The Hall–Kier alpha value is -1.53. The lowest BCUT2D eigenvalue weighted by molar-refractivity contribution is -0.431. The van der Waals surface area contributed by atoms with Gasteiger partial charge in [0, 0.05) is 11.6 Å². The number of hydrogen-bond acceptors (Lipinski definition) is 6. The van der Waals surface area contributed by atoms with Crippen LogP contribution in [0.25, 0.3) is 0 Å². The average molecular weight is 428 g/mol. The molecule has 2 rings (SSSR count). The summed E-state index contributed by atoms with van der Waals surface area (Å²) in [5.74, 6) is -0.459. The summed E-state index contributed by atoms with van der Waals surface area (Å²) in [5.41, 5.74) is -4.45. The van der Waals surface area contributed by atoms with Crippen molar-refractivity contribution >= 4 is 21.8 Å². The van der Waals surface area contributed by atoms with E-state index in [-0.39, 0.29) is 17.8 Å². The Bertz CT molecular complexity index is 844. The largest absolute Gasteiger partial charge is 0.422 e. The van der Waals surface area contributed by atoms with Crippen molar-refractivity contribution < 1.29 is 31.6 Å². The lowest BCUT2D eigenvalue weighted by Crippen LogP contribution is -2.39. The molecular formula is C15H19F3N2O5S2. The number of halogens is 3. The molecule has 0 radical (unpaired) electrons. The van der Waals surface area contributed by atoms with Crippen LogP contribution in [0.4, 0.5) is 13.2 Å². The van der Waals surface area contributed by atoms with Crippen LogP contribution in [0.2, 0.25) is 0 Å². The summed E-state index contributed by atoms with van der Waals surface area (Å²) in [5, 5.41) is 21.9. The number of allylic oxidation sites excluding steroid dienone is 4. The normalized spacial score (nSPS) is 22.9. The maximum absolute atomic E-state index is 13.3. The van der Waals surface area contributed by atoms with Crippen molar-refractivity contribution in [2.75, 3.05) is 18.3 Å². The first kappa shape index (κ1) is 21.8. The van der Waals surface area contributed by atoms with Gasteiger partial charge in [0.25, 0.3) is 5.70 Å². The third-order valence-electron chi connectivity index (χ3n) is 4.41. The van der Waals surface area contributed by atoms with E-state index in [0.717, 1.165) is 6.26 Å². The molecule has 0 aromatic carbocycles. The number of thioether (sulfide) groups is 1. The van der Waals surface area contributed by atoms with Gasteiger partial charge in [-0.3, -0.25) is 10.1 Å². The van der Waals surface area contributed by atoms with Crippen LogP contribution in [-0.2, 0) is 10.0 Å². The molecule has 7 nitrogen and oxygen atoms in total. The minimum Gasteiger partial charge on any atom is -0.384 e. The zero-order chi connectivity index (χ0) is 20.8. The zero-order valence-electron chi connectivity index (χ0n) is 14.8. The van der Waals surface area contributed by atoms with Crippen molar-refractivity contribution in [1.82, 2.24) is 4.31 Å². The monoisotopic (exact) mass is 428 g/mol. The van der Waals surface area contributed by atoms with Gasteiger partial charge in [-0.2, -0.15) is 24.9 Å². The van der Waals surface area contributed by atoms with Crippen molar-refractivity contribution in [1.29, 1.82) is 0 Å². The second-order valence-electron chi connectivity index (χ2n) is 6.59. The Morgan fingerprint density at radius 1 is 1.44 bits per heavy atom. The molecule has 27 heavy (non-hydrogen) atoms. The molecule has 1 aliphatic heterocycles. The van der Waals surface area contributed by atoms with Gasteiger partial charge in [0.1, 0.15) is 11.2 Å². The Morgan fingerprint density at radius 2 is 2.04 bits per heavy atom. The Balaban J connectivity index is 2.63. The summed E-state index contributed by atoms with van der Waals surface area (Å²) in [6.45, 7) is 1.37. The highest BCUT2D eigenvalue weighted by atomic mass is 32.2. The van der Waals surface area contributed by atoms with Crippen LogP contribution in [0, 0.1) is 16.0 Å². The number of aliphatic hydroxyl groups is 1. The van der Waals surface area contributed by atoms with Gasteiger partial charge in [0.2, 0.25) is 10.0 Å². The number of nitro groups is 1. The Labute approximate surface area is 158 Å². The molecule has 2 atom stereocenters. The van der Waals surface area contributed by atoms with E-state index in [2.05, 4.69) is 0 Å². The van der Waals surface area contributed by atoms with Crippen LogP contribution < -0.4 is 0 Å². The zero-order valence-corrected chi connectivity index (χ0v) is 16.4. The van der Waals surface area contributed by atoms with Gasteiger partial charge in [-0.05, 0) is 31.4 Å². The lowest BCUT2D eigenvalue weighted by atomic mass is 9.91. The molecule has 2 unspecified atom stereocenters. The maximum atomic E-state index is 13.3. The second kappa shape index (κ2) is 7.13. The van der Waals surface area contributed by atoms with Crippen molar-refractivity contribution in [2.24, 2.45) is 5.92 Å². The molecule has 1 N–H and O–H groups in total. The SMILES string of the molecule is CSCCC(C)(O)C1=CC2CC([N+](=O)[O-])=C(C(F)(F)F)C=C2N1S(C)(=O)=O. The van der Waals surface area contributed by atoms with Crippen molar-refractivity contribution in [3.63, 3.8) is 0 Å². The molecule has 2 aliphatic rings. The number of rotatable bonds is 6. The van der Waals surface area contributed by atoms with Gasteiger partial charge in [-0.25, -0.2) is 12.7 Å². The molecule has 0 aromatic heterocycles. The summed E-state index contributed by atoms with van der Waals surface area (Å²) in [7, 11) is -4.07. The van der Waals surface area contributed by atoms with E-state index in [4.69, 9.17) is 0 Å². The molecule has 12 heteroatoms. The summed E-state index contributed by atoms with van der Waals surface area (Å²) in [6.07, 6.45) is -1.04. The highest BCUT2D eigenvalue weighted by molar-refractivity contribution is 7.98. The van der Waals surface area contributed by atoms with Crippen LogP contribution in [0.3, 0.4) is 0 Å². The number of nitrogens with zero attached hydrogens (tertiary/aromatic N) is 2. The molecule has 0 saturated carbocycles. The smallest absolute Gasteiger partial charge is 0.384 e. The fraction of sp³-hybridized carbons (Fsp3) is 0.600. The van der Waals surface area contributed by atoms with Crippen LogP contribution >= 0.6 is 11.8 Å². The molecule has 1 heterocycles. The van der Waals surface area contributed by atoms with E-state index < -0.39 is 50.3 Å². The third-order valence-corrected chi connectivity index (χ3v) is 6.09. The predicted molar refractivity (Wildman–Crippen MR) is 94.7 cm³/mol. The third kappa shape index (κ3) is 4.32. The molecule has 0 bridgehead atoms. The average Bonchev–Trinajstić information content (AvgIpc) is 2.90. The minimum absolute atomic E-state index is 0.0820. The van der Waals surface area contributed by atoms with Gasteiger partial charge in [-0.15, -0.1) is 0 Å². The predicted octanol–water partition coefficient (Wildman–Crippen LogP) is 2.65. The number of hydrogen-bond donors (Lipinski definition) is 1. The molecule has 0 fully saturated rings. The first-order valence-electron chi connectivity index (χ1n) is 7.80. The van der Waals surface area contributed by atoms with Crippen molar-refractivity contribution in [2.45, 2.75) is 31.5 Å². The number of fused-ring (bicyclic) bond motifs is 1. The fourth-order valence-electron chi connectivity index (χ4n) is 3.13. The van der Waals surface area contributed by atoms with E-state index in [0.29, 0.717) is 16.1 Å². The molecular weight excluding hydrogens is 409 g/mol. The molecule has 0 amide bonds. The molecule has 0 aromatic rings. The maximum Gasteiger partial charge on any atom is 0.422 e. The summed E-state index contributed by atoms with van der Waals surface area (Å²) in [6, 6.07) is 0. The summed E-state index contributed by atoms with van der Waals surface area (Å²) < 4.78 is 65.1. The van der Waals surface area contributed by atoms with E-state index in [1.54, 1.807) is 6.26 Å². The van der Waals surface area contributed by atoms with E-state index in [1.165, 1.54) is 24.8 Å². The standard InChI is InChI=1S/C15H19F3N2O5S2/c1-14(21,4-5-26-2)13-7-9-6-12(20(22)23)10(15(16,17)18)8-11(9)19(13)27(3,24)25/h7-9,21H,4-6H2,1-3H3. The van der Waals surface area contributed by atoms with Crippen molar-refractivity contribution in [3.05, 3.63) is 44.9 Å². The van der Waals surface area contributed by atoms with Gasteiger partial charge >= 0.3 is 6.18 Å². The molecule has 0 saturated heterocycles. The lowest BCUT2D eigenvalue weighted by Gasteiger charge is -2.33. The van der Waals surface area contributed by atoms with Crippen LogP contribution in [0.5, 0.6) is 0 Å². The van der Waals surface area contributed by atoms with Gasteiger partial charge in [0.15, 0.2) is 0 Å². The first-order chi connectivity index (χ1) is 12.2. The van der Waals surface area contributed by atoms with Gasteiger partial charge in [0.05, 0.1) is 23.3 Å². The molecule has 0 spiro atoms. The van der Waals surface area contributed by atoms with E-state index >= 15 is 0 Å². The van der Waals surface area contributed by atoms with Crippen LogP contribution in [0.15, 0.2) is 34.8 Å². The second-order valence-corrected chi connectivity index (χ2v) is 9.41. The molecule has 152 valence electrons. The fourth-order valence-corrected chi connectivity index (χ4v) is 4.92. The van der Waals surface area contributed by atoms with Crippen LogP contribution in [0.1, 0.15) is 19.8 Å². The quantitative estimate of drug-likeness (QED) is 0.516. The Morgan fingerprint density at radius 3 is 2.48 bits per heavy atom. The van der Waals surface area contributed by atoms with Crippen molar-refractivity contribution in [3.8, 4) is 0 Å². The molecule has 1 aliphatic carbocycles. The van der Waals surface area contributed by atoms with E-state index in [9.17, 15) is 36.8 Å². The highest BCUT2D eigenvalue weighted by Crippen LogP contribution is 2.47. The topological polar surface area (TPSA) is 101 Å².